The van der Waals surface area contributed by atoms with Crippen LogP contribution in [-0.4, -0.2) is 77.3 Å². The van der Waals surface area contributed by atoms with Crippen LogP contribution < -0.4 is 10.3 Å². The van der Waals surface area contributed by atoms with Gasteiger partial charge in [-0.2, -0.15) is 10.1 Å². The number of nitrogens with zero attached hydrogens (tertiary/aromatic N) is 6. The average Bonchev–Trinajstić information content (AvgIpc) is 3.33. The monoisotopic (exact) mass is 475 g/mol. The predicted octanol–water partition coefficient (Wildman–Crippen LogP) is 2.56. The summed E-state index contributed by atoms with van der Waals surface area (Å²) in [6.45, 7) is 11.9. The Morgan fingerprint density at radius 1 is 1.17 bits per heavy atom. The Morgan fingerprint density at radius 2 is 1.97 bits per heavy atom. The van der Waals surface area contributed by atoms with E-state index in [4.69, 9.17) is 14.7 Å². The molecule has 1 N–H and O–H groups in total. The molecule has 2 fully saturated rings. The number of rotatable bonds is 6. The third-order valence-corrected chi connectivity index (χ3v) is 6.98. The molecule has 0 aliphatic carbocycles. The van der Waals surface area contributed by atoms with Crippen LogP contribution in [0.4, 0.5) is 11.8 Å². The van der Waals surface area contributed by atoms with Gasteiger partial charge in [0.25, 0.3) is 0 Å². The summed E-state index contributed by atoms with van der Waals surface area (Å²) >= 11 is 0. The molecule has 35 heavy (non-hydrogen) atoms. The summed E-state index contributed by atoms with van der Waals surface area (Å²) < 4.78 is 5.58. The summed E-state index contributed by atoms with van der Waals surface area (Å²) in [6.07, 6.45) is 5.12. The van der Waals surface area contributed by atoms with Crippen molar-refractivity contribution in [3.63, 3.8) is 0 Å². The Kier molecular flexibility index (Phi) is 7.06. The van der Waals surface area contributed by atoms with Crippen molar-refractivity contribution in [1.82, 2.24) is 19.8 Å². The molecule has 2 saturated heterocycles. The van der Waals surface area contributed by atoms with Crippen molar-refractivity contribution in [2.75, 3.05) is 49.7 Å². The molecule has 0 saturated carbocycles. The van der Waals surface area contributed by atoms with E-state index in [1.807, 2.05) is 17.0 Å². The first kappa shape index (κ1) is 23.4. The second-order valence-electron chi connectivity index (χ2n) is 9.35. The zero-order chi connectivity index (χ0) is 24.2. The lowest BCUT2D eigenvalue weighted by Crippen LogP contribution is -2.44. The first-order valence-corrected chi connectivity index (χ1v) is 12.3. The Hall–Kier alpha value is -3.30. The number of amides is 1. The number of ether oxygens (including phenoxy) is 1. The molecule has 1 amide bonds. The van der Waals surface area contributed by atoms with Gasteiger partial charge in [0.1, 0.15) is 5.82 Å². The number of aromatic nitrogens is 2. The summed E-state index contributed by atoms with van der Waals surface area (Å²) in [7, 11) is 0. The van der Waals surface area contributed by atoms with E-state index < -0.39 is 0 Å². The fraction of sp³-hybridized carbons (Fsp3) is 0.462. The van der Waals surface area contributed by atoms with E-state index in [9.17, 15) is 4.79 Å². The average molecular weight is 476 g/mol. The summed E-state index contributed by atoms with van der Waals surface area (Å²) in [4.78, 5) is 28.4. The van der Waals surface area contributed by atoms with E-state index in [1.54, 1.807) is 6.21 Å². The number of anilines is 2. The van der Waals surface area contributed by atoms with Crippen LogP contribution >= 0.6 is 0 Å². The van der Waals surface area contributed by atoms with Gasteiger partial charge >= 0.3 is 0 Å². The van der Waals surface area contributed by atoms with E-state index in [-0.39, 0.29) is 5.91 Å². The molecule has 3 aliphatic rings. The van der Waals surface area contributed by atoms with Gasteiger partial charge in [0, 0.05) is 50.9 Å². The highest BCUT2D eigenvalue weighted by Crippen LogP contribution is 2.34. The van der Waals surface area contributed by atoms with Crippen LogP contribution in [0.15, 0.2) is 42.0 Å². The van der Waals surface area contributed by atoms with Crippen LogP contribution in [0.1, 0.15) is 35.2 Å². The number of carbonyl (C=O) groups is 1. The number of aryl methyl sites for hydroxylation is 1. The molecule has 3 aliphatic heterocycles. The zero-order valence-electron chi connectivity index (χ0n) is 20.3. The van der Waals surface area contributed by atoms with Crippen molar-refractivity contribution in [3.05, 3.63) is 59.3 Å². The lowest BCUT2D eigenvalue weighted by molar-refractivity contribution is -0.127. The Morgan fingerprint density at radius 3 is 2.71 bits per heavy atom. The minimum Gasteiger partial charge on any atom is -0.378 e. The van der Waals surface area contributed by atoms with Crippen LogP contribution in [0.5, 0.6) is 0 Å². The molecule has 0 radical (unpaired) electrons. The van der Waals surface area contributed by atoms with E-state index in [2.05, 4.69) is 46.0 Å². The molecule has 9 heteroatoms. The molecule has 0 bridgehead atoms. The number of hydrogen-bond donors (Lipinski definition) is 1. The fourth-order valence-corrected chi connectivity index (χ4v) is 5.10. The molecule has 0 spiro atoms. The zero-order valence-corrected chi connectivity index (χ0v) is 20.3. The first-order valence-electron chi connectivity index (χ1n) is 12.3. The molecule has 0 unspecified atom stereocenters. The smallest absolute Gasteiger partial charge is 0.245 e. The number of carbonyl (C=O) groups excluding carboxylic acids is 1. The van der Waals surface area contributed by atoms with E-state index in [0.717, 1.165) is 69.2 Å². The number of fused-ring (bicyclic) bond motifs is 1. The molecular formula is C26H33N7O2. The van der Waals surface area contributed by atoms with Gasteiger partial charge in [0.2, 0.25) is 11.9 Å². The third-order valence-electron chi connectivity index (χ3n) is 6.98. The standard InChI is InChI=1S/C26H33N7O2/c1-3-24(34)31-9-7-21(8-10-31)33-17-22-23(18-33)28-26(29-25(22)32-11-13-35-14-12-32)30-27-16-20-6-4-5-19(2)15-20/h3-6,15-16,21H,1,7-14,17-18H2,2H3,(H,28,29,30)/b27-16+. The number of piperidine rings is 1. The van der Waals surface area contributed by atoms with Gasteiger partial charge in [-0.1, -0.05) is 36.4 Å². The van der Waals surface area contributed by atoms with Crippen molar-refractivity contribution in [3.8, 4) is 0 Å². The highest BCUT2D eigenvalue weighted by atomic mass is 16.5. The molecule has 9 nitrogen and oxygen atoms in total. The van der Waals surface area contributed by atoms with Gasteiger partial charge in [0.15, 0.2) is 0 Å². The minimum absolute atomic E-state index is 0.0237. The van der Waals surface area contributed by atoms with Crippen molar-refractivity contribution in [2.45, 2.75) is 38.9 Å². The van der Waals surface area contributed by atoms with Crippen LogP contribution in [0.3, 0.4) is 0 Å². The van der Waals surface area contributed by atoms with Gasteiger partial charge in [-0.05, 0) is 31.4 Å². The van der Waals surface area contributed by atoms with Crippen molar-refractivity contribution < 1.29 is 9.53 Å². The van der Waals surface area contributed by atoms with Gasteiger partial charge in [-0.25, -0.2) is 10.4 Å². The van der Waals surface area contributed by atoms with Crippen LogP contribution in [0.25, 0.3) is 0 Å². The molecule has 2 aromatic rings. The highest BCUT2D eigenvalue weighted by molar-refractivity contribution is 5.87. The van der Waals surface area contributed by atoms with Crippen molar-refractivity contribution in [1.29, 1.82) is 0 Å². The van der Waals surface area contributed by atoms with Gasteiger partial charge in [0.05, 0.1) is 25.1 Å². The number of nitrogens with one attached hydrogen (secondary N) is 1. The van der Waals surface area contributed by atoms with Crippen LogP contribution in [-0.2, 0) is 22.6 Å². The van der Waals surface area contributed by atoms with E-state index in [0.29, 0.717) is 25.2 Å². The number of benzene rings is 1. The van der Waals surface area contributed by atoms with E-state index in [1.165, 1.54) is 17.2 Å². The normalized spacial score (nSPS) is 19.2. The van der Waals surface area contributed by atoms with Gasteiger partial charge in [-0.3, -0.25) is 9.69 Å². The molecule has 184 valence electrons. The quantitative estimate of drug-likeness (QED) is 0.390. The third kappa shape index (κ3) is 5.36. The Balaban J connectivity index is 1.33. The Bertz CT molecular complexity index is 1100. The molecule has 1 aromatic heterocycles. The number of morpholine rings is 1. The highest BCUT2D eigenvalue weighted by Gasteiger charge is 2.34. The van der Waals surface area contributed by atoms with Crippen LogP contribution in [0, 0.1) is 6.92 Å². The predicted molar refractivity (Wildman–Crippen MR) is 137 cm³/mol. The van der Waals surface area contributed by atoms with Gasteiger partial charge in [-0.15, -0.1) is 0 Å². The largest absolute Gasteiger partial charge is 0.378 e. The number of hydrazone groups is 1. The van der Waals surface area contributed by atoms with E-state index >= 15 is 0 Å². The summed E-state index contributed by atoms with van der Waals surface area (Å²) in [5.41, 5.74) is 7.53. The molecular weight excluding hydrogens is 442 g/mol. The molecule has 0 atom stereocenters. The van der Waals surface area contributed by atoms with Gasteiger partial charge < -0.3 is 14.5 Å². The summed E-state index contributed by atoms with van der Waals surface area (Å²) in [5.74, 6) is 1.52. The summed E-state index contributed by atoms with van der Waals surface area (Å²) in [5, 5.41) is 4.40. The summed E-state index contributed by atoms with van der Waals surface area (Å²) in [6, 6.07) is 8.61. The second kappa shape index (κ2) is 10.5. The number of hydrogen-bond acceptors (Lipinski definition) is 8. The topological polar surface area (TPSA) is 86.2 Å². The maximum absolute atomic E-state index is 12.0. The van der Waals surface area contributed by atoms with Crippen LogP contribution in [0.2, 0.25) is 0 Å². The minimum atomic E-state index is 0.0237. The molecule has 4 heterocycles. The fourth-order valence-electron chi connectivity index (χ4n) is 5.10. The lowest BCUT2D eigenvalue weighted by atomic mass is 10.0. The Labute approximate surface area is 206 Å². The first-order chi connectivity index (χ1) is 17.1. The maximum atomic E-state index is 12.0. The van der Waals surface area contributed by atoms with Crippen molar-refractivity contribution in [2.24, 2.45) is 5.10 Å². The second-order valence-corrected chi connectivity index (χ2v) is 9.35. The maximum Gasteiger partial charge on any atom is 0.245 e. The molecule has 1 aromatic carbocycles. The number of likely N-dealkylation sites (tertiary alicyclic amines) is 1. The lowest BCUT2D eigenvalue weighted by Gasteiger charge is -2.36. The molecule has 5 rings (SSSR count). The SMILES string of the molecule is C=CC(=O)N1CCC(N2Cc3nc(N/N=C/c4cccc(C)c4)nc(N4CCOCC4)c3C2)CC1. The van der Waals surface area contributed by atoms with Crippen molar-refractivity contribution >= 4 is 23.9 Å².